The van der Waals surface area contributed by atoms with Crippen molar-refractivity contribution in [3.63, 3.8) is 0 Å². The second kappa shape index (κ2) is 10.6. The number of anilines is 1. The summed E-state index contributed by atoms with van der Waals surface area (Å²) < 4.78 is 10.3. The highest BCUT2D eigenvalue weighted by Crippen LogP contribution is 2.34. The van der Waals surface area contributed by atoms with E-state index in [0.717, 1.165) is 16.9 Å². The third kappa shape index (κ3) is 5.33. The second-order valence-corrected chi connectivity index (χ2v) is 7.86. The first-order chi connectivity index (χ1) is 15.4. The third-order valence-corrected chi connectivity index (χ3v) is 5.89. The summed E-state index contributed by atoms with van der Waals surface area (Å²) >= 11 is 1.04. The van der Waals surface area contributed by atoms with Crippen molar-refractivity contribution in [3.05, 3.63) is 81.7 Å². The molecule has 0 unspecified atom stereocenters. The van der Waals surface area contributed by atoms with E-state index in [1.165, 1.54) is 7.11 Å². The smallest absolute Gasteiger partial charge is 0.341 e. The van der Waals surface area contributed by atoms with Crippen molar-refractivity contribution in [2.75, 3.05) is 19.0 Å². The molecule has 2 amide bonds. The molecule has 0 fully saturated rings. The Morgan fingerprint density at radius 2 is 1.75 bits per heavy atom. The number of thiophene rings is 1. The van der Waals surface area contributed by atoms with E-state index in [9.17, 15) is 14.4 Å². The molecule has 0 bridgehead atoms. The lowest BCUT2D eigenvalue weighted by Gasteiger charge is -2.08. The number of hydrogen-bond donors (Lipinski definition) is 2. The number of methoxy groups -OCH3 is 1. The fraction of sp³-hybridized carbons (Fsp3) is 0.208. The molecule has 0 radical (unpaired) electrons. The minimum Gasteiger partial charge on any atom is -0.497 e. The lowest BCUT2D eigenvalue weighted by Crippen LogP contribution is -2.22. The van der Waals surface area contributed by atoms with Crippen molar-refractivity contribution < 1.29 is 23.9 Å². The van der Waals surface area contributed by atoms with Crippen LogP contribution >= 0.6 is 11.3 Å². The highest BCUT2D eigenvalue weighted by molar-refractivity contribution is 7.18. The van der Waals surface area contributed by atoms with Gasteiger partial charge in [0.2, 0.25) is 0 Å². The van der Waals surface area contributed by atoms with Crippen molar-refractivity contribution in [2.24, 2.45) is 0 Å². The first-order valence-electron chi connectivity index (χ1n) is 10.0. The standard InChI is InChI=1S/C24H24N2O5S/c1-4-31-24(29)19-15(2)20(22(28)25-14-16-9-6-5-7-10-16)32-23(19)26-21(27)17-11-8-12-18(13-17)30-3/h5-13H,4,14H2,1-3H3,(H,25,28)(H,26,27). The van der Waals surface area contributed by atoms with E-state index in [4.69, 9.17) is 9.47 Å². The molecule has 0 aliphatic carbocycles. The molecule has 1 aromatic heterocycles. The van der Waals surface area contributed by atoms with Crippen LogP contribution in [0.3, 0.4) is 0 Å². The number of amides is 2. The van der Waals surface area contributed by atoms with Gasteiger partial charge in [0.25, 0.3) is 11.8 Å². The van der Waals surface area contributed by atoms with Gasteiger partial charge in [-0.3, -0.25) is 9.59 Å². The monoisotopic (exact) mass is 452 g/mol. The molecule has 32 heavy (non-hydrogen) atoms. The van der Waals surface area contributed by atoms with Crippen molar-refractivity contribution >= 4 is 34.1 Å². The molecular weight excluding hydrogens is 428 g/mol. The molecule has 3 aromatic rings. The van der Waals surface area contributed by atoms with Crippen LogP contribution in [-0.4, -0.2) is 31.5 Å². The van der Waals surface area contributed by atoms with Gasteiger partial charge in [-0.2, -0.15) is 0 Å². The highest BCUT2D eigenvalue weighted by atomic mass is 32.1. The number of rotatable bonds is 8. The zero-order chi connectivity index (χ0) is 23.1. The van der Waals surface area contributed by atoms with Gasteiger partial charge in [0.1, 0.15) is 10.8 Å². The summed E-state index contributed by atoms with van der Waals surface area (Å²) in [5.74, 6) is -0.813. The number of nitrogens with one attached hydrogen (secondary N) is 2. The molecule has 0 aliphatic heterocycles. The predicted molar refractivity (Wildman–Crippen MR) is 124 cm³/mol. The molecule has 3 rings (SSSR count). The average molecular weight is 453 g/mol. The summed E-state index contributed by atoms with van der Waals surface area (Å²) in [5.41, 5.74) is 1.95. The Morgan fingerprint density at radius 1 is 1.00 bits per heavy atom. The van der Waals surface area contributed by atoms with E-state index >= 15 is 0 Å². The van der Waals surface area contributed by atoms with E-state index in [0.29, 0.717) is 28.3 Å². The van der Waals surface area contributed by atoms with Gasteiger partial charge in [0.15, 0.2) is 0 Å². The van der Waals surface area contributed by atoms with Crippen molar-refractivity contribution in [3.8, 4) is 5.75 Å². The van der Waals surface area contributed by atoms with E-state index < -0.39 is 11.9 Å². The summed E-state index contributed by atoms with van der Waals surface area (Å²) in [7, 11) is 1.51. The Kier molecular flexibility index (Phi) is 7.62. The van der Waals surface area contributed by atoms with Gasteiger partial charge in [-0.1, -0.05) is 36.4 Å². The minimum absolute atomic E-state index is 0.174. The summed E-state index contributed by atoms with van der Waals surface area (Å²) in [6.07, 6.45) is 0. The summed E-state index contributed by atoms with van der Waals surface area (Å²) in [5, 5.41) is 5.87. The van der Waals surface area contributed by atoms with E-state index in [1.807, 2.05) is 30.3 Å². The van der Waals surface area contributed by atoms with Crippen LogP contribution in [0.1, 0.15) is 48.4 Å². The van der Waals surface area contributed by atoms with Gasteiger partial charge < -0.3 is 20.1 Å². The van der Waals surface area contributed by atoms with Crippen molar-refractivity contribution in [2.45, 2.75) is 20.4 Å². The molecule has 0 atom stereocenters. The molecule has 0 aliphatic rings. The number of benzene rings is 2. The molecule has 2 aromatic carbocycles. The highest BCUT2D eigenvalue weighted by Gasteiger charge is 2.27. The van der Waals surface area contributed by atoms with Crippen LogP contribution in [0.5, 0.6) is 5.75 Å². The lowest BCUT2D eigenvalue weighted by molar-refractivity contribution is 0.0527. The van der Waals surface area contributed by atoms with E-state index in [2.05, 4.69) is 10.6 Å². The quantitative estimate of drug-likeness (QED) is 0.494. The number of carbonyl (C=O) groups is 3. The van der Waals surface area contributed by atoms with Gasteiger partial charge in [-0.15, -0.1) is 11.3 Å². The maximum Gasteiger partial charge on any atom is 0.341 e. The number of carbonyl (C=O) groups excluding carboxylic acids is 3. The Labute approximate surface area is 190 Å². The SMILES string of the molecule is CCOC(=O)c1c(NC(=O)c2cccc(OC)c2)sc(C(=O)NCc2ccccc2)c1C. The molecular formula is C24H24N2O5S. The van der Waals surface area contributed by atoms with E-state index in [1.54, 1.807) is 38.1 Å². The number of ether oxygens (including phenoxy) is 2. The maximum atomic E-state index is 12.8. The Balaban J connectivity index is 1.87. The van der Waals surface area contributed by atoms with Gasteiger partial charge in [0, 0.05) is 12.1 Å². The Hall–Kier alpha value is -3.65. The zero-order valence-corrected chi connectivity index (χ0v) is 18.9. The van der Waals surface area contributed by atoms with Crippen molar-refractivity contribution in [1.82, 2.24) is 5.32 Å². The molecule has 0 saturated heterocycles. The van der Waals surface area contributed by atoms with Gasteiger partial charge in [0.05, 0.1) is 24.2 Å². The Bertz CT molecular complexity index is 1120. The normalized spacial score (nSPS) is 10.3. The molecule has 166 valence electrons. The predicted octanol–water partition coefficient (Wildman–Crippen LogP) is 4.42. The molecule has 8 heteroatoms. The average Bonchev–Trinajstić information content (AvgIpc) is 3.14. The molecule has 0 spiro atoms. The topological polar surface area (TPSA) is 93.7 Å². The molecule has 7 nitrogen and oxygen atoms in total. The van der Waals surface area contributed by atoms with Crippen LogP contribution < -0.4 is 15.4 Å². The molecule has 2 N–H and O–H groups in total. The largest absolute Gasteiger partial charge is 0.497 e. The third-order valence-electron chi connectivity index (χ3n) is 4.69. The first-order valence-corrected chi connectivity index (χ1v) is 10.8. The summed E-state index contributed by atoms with van der Waals surface area (Å²) in [4.78, 5) is 38.6. The maximum absolute atomic E-state index is 12.8. The zero-order valence-electron chi connectivity index (χ0n) is 18.1. The lowest BCUT2D eigenvalue weighted by atomic mass is 10.1. The van der Waals surface area contributed by atoms with E-state index in [-0.39, 0.29) is 23.1 Å². The van der Waals surface area contributed by atoms with Gasteiger partial charge in [-0.25, -0.2) is 4.79 Å². The van der Waals surface area contributed by atoms with Crippen LogP contribution in [0.4, 0.5) is 5.00 Å². The van der Waals surface area contributed by atoms with Crippen molar-refractivity contribution in [1.29, 1.82) is 0 Å². The fourth-order valence-electron chi connectivity index (χ4n) is 3.07. The molecule has 0 saturated carbocycles. The molecule has 1 heterocycles. The van der Waals surface area contributed by atoms with Crippen LogP contribution in [-0.2, 0) is 11.3 Å². The van der Waals surface area contributed by atoms with Crippen LogP contribution in [0.25, 0.3) is 0 Å². The van der Waals surface area contributed by atoms with Gasteiger partial charge in [-0.05, 0) is 43.2 Å². The first kappa shape index (κ1) is 23.0. The Morgan fingerprint density at radius 3 is 2.44 bits per heavy atom. The number of esters is 1. The van der Waals surface area contributed by atoms with Crippen LogP contribution in [0, 0.1) is 6.92 Å². The van der Waals surface area contributed by atoms with Crippen LogP contribution in [0.2, 0.25) is 0 Å². The number of hydrogen-bond acceptors (Lipinski definition) is 6. The summed E-state index contributed by atoms with van der Waals surface area (Å²) in [6, 6.07) is 16.1. The van der Waals surface area contributed by atoms with Gasteiger partial charge >= 0.3 is 5.97 Å². The fourth-order valence-corrected chi connectivity index (χ4v) is 4.17. The second-order valence-electron chi connectivity index (χ2n) is 6.84. The minimum atomic E-state index is -0.593. The van der Waals surface area contributed by atoms with Crippen LogP contribution in [0.15, 0.2) is 54.6 Å². The summed E-state index contributed by atoms with van der Waals surface area (Å²) in [6.45, 7) is 3.88.